The lowest BCUT2D eigenvalue weighted by Gasteiger charge is -2.20. The Morgan fingerprint density at radius 1 is 1.18 bits per heavy atom. The molecule has 0 amide bonds. The van der Waals surface area contributed by atoms with Gasteiger partial charge < -0.3 is 10.1 Å². The van der Waals surface area contributed by atoms with Gasteiger partial charge in [0.1, 0.15) is 11.4 Å². The molecule has 4 nitrogen and oxygen atoms in total. The fourth-order valence-corrected chi connectivity index (χ4v) is 2.02. The fraction of sp³-hybridized carbons (Fsp3) is 0.250. The Morgan fingerprint density at radius 3 is 2.55 bits per heavy atom. The molecular weight excluding hydrogens is 323 g/mol. The van der Waals surface area contributed by atoms with Gasteiger partial charge in [-0.15, -0.1) is 0 Å². The zero-order valence-electron chi connectivity index (χ0n) is 12.5. The number of rotatable bonds is 3. The van der Waals surface area contributed by atoms with Crippen molar-refractivity contribution in [2.24, 2.45) is 0 Å². The summed E-state index contributed by atoms with van der Waals surface area (Å²) >= 11 is 12.2. The van der Waals surface area contributed by atoms with Crippen LogP contribution in [0.1, 0.15) is 31.1 Å². The number of nitrogens with one attached hydrogen (secondary N) is 1. The zero-order valence-corrected chi connectivity index (χ0v) is 14.0. The van der Waals surface area contributed by atoms with Crippen molar-refractivity contribution in [3.63, 3.8) is 0 Å². The van der Waals surface area contributed by atoms with E-state index in [1.165, 1.54) is 0 Å². The van der Waals surface area contributed by atoms with Gasteiger partial charge in [0, 0.05) is 6.20 Å². The number of pyridine rings is 1. The highest BCUT2D eigenvalue weighted by Crippen LogP contribution is 2.29. The first-order valence-electron chi connectivity index (χ1n) is 6.67. The third-order valence-electron chi connectivity index (χ3n) is 2.61. The molecule has 0 bridgehead atoms. The van der Waals surface area contributed by atoms with E-state index in [0.29, 0.717) is 27.1 Å². The van der Waals surface area contributed by atoms with Gasteiger partial charge in [-0.3, -0.25) is 0 Å². The molecular formula is C16H16Cl2N2O2. The minimum atomic E-state index is -0.561. The van der Waals surface area contributed by atoms with Crippen LogP contribution in [0, 0.1) is 0 Å². The summed E-state index contributed by atoms with van der Waals surface area (Å²) in [5.74, 6) is 0.0479. The summed E-state index contributed by atoms with van der Waals surface area (Å²) in [6.45, 7) is 5.44. The summed E-state index contributed by atoms with van der Waals surface area (Å²) in [7, 11) is 0. The smallest absolute Gasteiger partial charge is 0.338 e. The van der Waals surface area contributed by atoms with Crippen molar-refractivity contribution in [3.8, 4) is 0 Å². The van der Waals surface area contributed by atoms with E-state index in [4.69, 9.17) is 27.9 Å². The number of carbonyl (C=O) groups is 1. The van der Waals surface area contributed by atoms with E-state index >= 15 is 0 Å². The minimum absolute atomic E-state index is 0.397. The summed E-state index contributed by atoms with van der Waals surface area (Å²) in [6, 6.07) is 8.29. The van der Waals surface area contributed by atoms with E-state index < -0.39 is 11.6 Å². The average molecular weight is 339 g/mol. The molecule has 22 heavy (non-hydrogen) atoms. The number of halogens is 2. The maximum Gasteiger partial charge on any atom is 0.338 e. The van der Waals surface area contributed by atoms with Gasteiger partial charge in [0.25, 0.3) is 0 Å². The van der Waals surface area contributed by atoms with Crippen molar-refractivity contribution in [1.29, 1.82) is 0 Å². The van der Waals surface area contributed by atoms with Crippen LogP contribution in [0.2, 0.25) is 10.0 Å². The summed E-state index contributed by atoms with van der Waals surface area (Å²) in [6.07, 6.45) is 1.61. The number of anilines is 2. The second kappa shape index (κ2) is 6.55. The molecule has 6 heteroatoms. The fourth-order valence-electron chi connectivity index (χ4n) is 1.69. The van der Waals surface area contributed by atoms with E-state index in [1.54, 1.807) is 36.5 Å². The van der Waals surface area contributed by atoms with E-state index in [0.717, 1.165) is 0 Å². The normalized spacial score (nSPS) is 11.1. The molecule has 0 saturated heterocycles. The van der Waals surface area contributed by atoms with Crippen LogP contribution in [0.15, 0.2) is 36.5 Å². The SMILES string of the molecule is CC(C)(C)OC(=O)c1ccc(Cl)c(Nc2ncccc2Cl)c1. The predicted octanol–water partition coefficient (Wildman–Crippen LogP) is 5.09. The maximum absolute atomic E-state index is 12.1. The third-order valence-corrected chi connectivity index (χ3v) is 3.25. The third kappa shape index (κ3) is 4.36. The number of hydrogen-bond donors (Lipinski definition) is 1. The second-order valence-corrected chi connectivity index (χ2v) is 6.47. The van der Waals surface area contributed by atoms with Gasteiger partial charge in [-0.2, -0.15) is 0 Å². The Kier molecular flexibility index (Phi) is 4.94. The zero-order chi connectivity index (χ0) is 16.3. The standard InChI is InChI=1S/C16H16Cl2N2O2/c1-16(2,3)22-15(21)10-6-7-11(17)13(9-10)20-14-12(18)5-4-8-19-14/h4-9H,1-3H3,(H,19,20). The van der Waals surface area contributed by atoms with E-state index in [-0.39, 0.29) is 0 Å². The van der Waals surface area contributed by atoms with Gasteiger partial charge in [-0.25, -0.2) is 9.78 Å². The molecule has 0 aliphatic rings. The molecule has 1 heterocycles. The molecule has 0 atom stereocenters. The van der Waals surface area contributed by atoms with Crippen LogP contribution in [0.25, 0.3) is 0 Å². The van der Waals surface area contributed by atoms with Gasteiger partial charge in [0.2, 0.25) is 0 Å². The summed E-state index contributed by atoms with van der Waals surface area (Å²) in [4.78, 5) is 16.2. The van der Waals surface area contributed by atoms with Gasteiger partial charge in [-0.1, -0.05) is 23.2 Å². The molecule has 0 aliphatic heterocycles. The number of aromatic nitrogens is 1. The van der Waals surface area contributed by atoms with Crippen LogP contribution >= 0.6 is 23.2 Å². The number of nitrogens with zero attached hydrogens (tertiary/aromatic N) is 1. The van der Waals surface area contributed by atoms with Crippen molar-refractivity contribution in [2.75, 3.05) is 5.32 Å². The van der Waals surface area contributed by atoms with Crippen molar-refractivity contribution in [3.05, 3.63) is 52.1 Å². The van der Waals surface area contributed by atoms with Gasteiger partial charge in [-0.05, 0) is 51.1 Å². The Morgan fingerprint density at radius 2 is 1.91 bits per heavy atom. The summed E-state index contributed by atoms with van der Waals surface area (Å²) in [5.41, 5.74) is 0.369. The molecule has 0 fully saturated rings. The Hall–Kier alpha value is -1.78. The van der Waals surface area contributed by atoms with Crippen LogP contribution in [0.3, 0.4) is 0 Å². The van der Waals surface area contributed by atoms with Crippen LogP contribution in [0.5, 0.6) is 0 Å². The maximum atomic E-state index is 12.1. The van der Waals surface area contributed by atoms with E-state index in [9.17, 15) is 4.79 Å². The van der Waals surface area contributed by atoms with Gasteiger partial charge in [0.05, 0.1) is 21.3 Å². The molecule has 0 radical (unpaired) electrons. The molecule has 0 unspecified atom stereocenters. The largest absolute Gasteiger partial charge is 0.456 e. The quantitative estimate of drug-likeness (QED) is 0.792. The number of carbonyl (C=O) groups excluding carboxylic acids is 1. The highest BCUT2D eigenvalue weighted by molar-refractivity contribution is 6.34. The van der Waals surface area contributed by atoms with E-state index in [1.807, 2.05) is 20.8 Å². The van der Waals surface area contributed by atoms with E-state index in [2.05, 4.69) is 10.3 Å². The monoisotopic (exact) mass is 338 g/mol. The van der Waals surface area contributed by atoms with Crippen molar-refractivity contribution in [1.82, 2.24) is 4.98 Å². The first-order valence-corrected chi connectivity index (χ1v) is 7.42. The van der Waals surface area contributed by atoms with Crippen LogP contribution in [-0.2, 0) is 4.74 Å². The lowest BCUT2D eigenvalue weighted by atomic mass is 10.1. The average Bonchev–Trinajstić information content (AvgIpc) is 2.41. The first kappa shape index (κ1) is 16.6. The Bertz CT molecular complexity index is 697. The molecule has 0 spiro atoms. The van der Waals surface area contributed by atoms with Crippen molar-refractivity contribution >= 4 is 40.7 Å². The summed E-state index contributed by atoms with van der Waals surface area (Å²) in [5, 5.41) is 3.93. The van der Waals surface area contributed by atoms with Gasteiger partial charge >= 0.3 is 5.97 Å². The van der Waals surface area contributed by atoms with Crippen LogP contribution < -0.4 is 5.32 Å². The van der Waals surface area contributed by atoms with Crippen LogP contribution in [0.4, 0.5) is 11.5 Å². The van der Waals surface area contributed by atoms with Crippen molar-refractivity contribution in [2.45, 2.75) is 26.4 Å². The lowest BCUT2D eigenvalue weighted by Crippen LogP contribution is -2.23. The number of ether oxygens (including phenoxy) is 1. The second-order valence-electron chi connectivity index (χ2n) is 5.66. The highest BCUT2D eigenvalue weighted by atomic mass is 35.5. The number of benzene rings is 1. The first-order chi connectivity index (χ1) is 10.3. The van der Waals surface area contributed by atoms with Crippen LogP contribution in [-0.4, -0.2) is 16.6 Å². The molecule has 1 aromatic heterocycles. The molecule has 2 rings (SSSR count). The van der Waals surface area contributed by atoms with Crippen molar-refractivity contribution < 1.29 is 9.53 Å². The molecule has 0 aliphatic carbocycles. The predicted molar refractivity (Wildman–Crippen MR) is 89.2 cm³/mol. The Balaban J connectivity index is 2.28. The topological polar surface area (TPSA) is 51.2 Å². The number of hydrogen-bond acceptors (Lipinski definition) is 4. The lowest BCUT2D eigenvalue weighted by molar-refractivity contribution is 0.00696. The molecule has 2 aromatic rings. The Labute approximate surface area is 139 Å². The highest BCUT2D eigenvalue weighted by Gasteiger charge is 2.19. The molecule has 1 aromatic carbocycles. The summed E-state index contributed by atoms with van der Waals surface area (Å²) < 4.78 is 5.34. The molecule has 1 N–H and O–H groups in total. The molecule has 0 saturated carbocycles. The molecule has 116 valence electrons. The number of esters is 1. The minimum Gasteiger partial charge on any atom is -0.456 e. The van der Waals surface area contributed by atoms with Gasteiger partial charge in [0.15, 0.2) is 0 Å².